The van der Waals surface area contributed by atoms with Gasteiger partial charge in [0.25, 0.3) is 0 Å². The maximum atomic E-state index is 12.0. The number of carboxylic acids is 1. The molecule has 1 amide bonds. The van der Waals surface area contributed by atoms with Crippen LogP contribution in [0.1, 0.15) is 46.0 Å². The third kappa shape index (κ3) is 5.19. The fourth-order valence-corrected chi connectivity index (χ4v) is 2.89. The number of carbonyl (C=O) groups excluding carboxylic acids is 1. The van der Waals surface area contributed by atoms with Gasteiger partial charge in [-0.05, 0) is 37.6 Å². The molecule has 0 radical (unpaired) electrons. The Balaban J connectivity index is 2.43. The number of carboxylic acid groups (broad SMARTS) is 1. The van der Waals surface area contributed by atoms with Crippen molar-refractivity contribution in [2.75, 3.05) is 6.54 Å². The fourth-order valence-electron chi connectivity index (χ4n) is 2.89. The highest BCUT2D eigenvalue weighted by molar-refractivity contribution is 5.78. The molecule has 0 bridgehead atoms. The van der Waals surface area contributed by atoms with Gasteiger partial charge in [-0.2, -0.15) is 0 Å². The lowest BCUT2D eigenvalue weighted by atomic mass is 9.93. The maximum Gasteiger partial charge on any atom is 0.308 e. The molecule has 0 aromatic rings. The van der Waals surface area contributed by atoms with Crippen LogP contribution in [0.3, 0.4) is 0 Å². The summed E-state index contributed by atoms with van der Waals surface area (Å²) in [6, 6.07) is -0.206. The largest absolute Gasteiger partial charge is 0.481 e. The summed E-state index contributed by atoms with van der Waals surface area (Å²) < 4.78 is 0. The summed E-state index contributed by atoms with van der Waals surface area (Å²) in [5.74, 6) is -0.593. The molecule has 1 fully saturated rings. The molecule has 4 N–H and O–H groups in total. The van der Waals surface area contributed by atoms with Gasteiger partial charge in [0.2, 0.25) is 5.91 Å². The highest BCUT2D eigenvalue weighted by Crippen LogP contribution is 2.26. The predicted molar refractivity (Wildman–Crippen MR) is 73.5 cm³/mol. The van der Waals surface area contributed by atoms with E-state index in [1.54, 1.807) is 0 Å². The zero-order valence-corrected chi connectivity index (χ0v) is 11.9. The van der Waals surface area contributed by atoms with Crippen LogP contribution in [0.4, 0.5) is 0 Å². The van der Waals surface area contributed by atoms with Crippen LogP contribution in [0.15, 0.2) is 0 Å². The van der Waals surface area contributed by atoms with Crippen LogP contribution in [0, 0.1) is 17.8 Å². The van der Waals surface area contributed by atoms with Crippen LogP contribution in [0.5, 0.6) is 0 Å². The normalized spacial score (nSPS) is 24.4. The molecular formula is C14H26N2O3. The lowest BCUT2D eigenvalue weighted by Gasteiger charge is -2.21. The first kappa shape index (κ1) is 16.0. The molecule has 1 saturated carbocycles. The Morgan fingerprint density at radius 1 is 1.37 bits per heavy atom. The van der Waals surface area contributed by atoms with Gasteiger partial charge in [-0.25, -0.2) is 0 Å². The first-order valence-corrected chi connectivity index (χ1v) is 7.16. The number of hydrogen-bond donors (Lipinski definition) is 3. The van der Waals surface area contributed by atoms with E-state index in [1.165, 1.54) is 0 Å². The first-order chi connectivity index (χ1) is 8.93. The Hall–Kier alpha value is -1.10. The van der Waals surface area contributed by atoms with Crippen LogP contribution in [0.2, 0.25) is 0 Å². The molecule has 0 aliphatic heterocycles. The molecule has 19 heavy (non-hydrogen) atoms. The Bertz CT molecular complexity index is 318. The standard InChI is InChI=1S/C14H26N2O3/c1-9(2)6-10(8-15)7-13(17)16-12-5-3-4-11(12)14(18)19/h9-12H,3-8,15H2,1-2H3,(H,16,17)(H,18,19)/t10-,11?,12?/m0/s1. The SMILES string of the molecule is CC(C)C[C@H](CN)CC(=O)NC1CCCC1C(=O)O. The lowest BCUT2D eigenvalue weighted by Crippen LogP contribution is -2.41. The van der Waals surface area contributed by atoms with Crippen LogP contribution >= 0.6 is 0 Å². The second kappa shape index (κ2) is 7.48. The molecule has 1 aliphatic carbocycles. The van der Waals surface area contributed by atoms with Crippen molar-refractivity contribution < 1.29 is 14.7 Å². The summed E-state index contributed by atoms with van der Waals surface area (Å²) in [5, 5.41) is 11.9. The second-order valence-corrected chi connectivity index (χ2v) is 5.99. The average molecular weight is 270 g/mol. The molecule has 5 heteroatoms. The van der Waals surface area contributed by atoms with Gasteiger partial charge in [-0.1, -0.05) is 20.3 Å². The van der Waals surface area contributed by atoms with E-state index in [-0.39, 0.29) is 17.9 Å². The topological polar surface area (TPSA) is 92.4 Å². The van der Waals surface area contributed by atoms with E-state index in [0.717, 1.165) is 19.3 Å². The van der Waals surface area contributed by atoms with Crippen molar-refractivity contribution in [1.82, 2.24) is 5.32 Å². The first-order valence-electron chi connectivity index (χ1n) is 7.16. The zero-order chi connectivity index (χ0) is 14.4. The van der Waals surface area contributed by atoms with Crippen molar-refractivity contribution in [3.63, 3.8) is 0 Å². The van der Waals surface area contributed by atoms with Crippen LogP contribution in [-0.4, -0.2) is 29.6 Å². The van der Waals surface area contributed by atoms with E-state index < -0.39 is 11.9 Å². The number of rotatable bonds is 7. The van der Waals surface area contributed by atoms with Crippen LogP contribution in [0.25, 0.3) is 0 Å². The fraction of sp³-hybridized carbons (Fsp3) is 0.857. The number of nitrogens with one attached hydrogen (secondary N) is 1. The average Bonchev–Trinajstić information content (AvgIpc) is 2.75. The molecule has 0 saturated heterocycles. The summed E-state index contributed by atoms with van der Waals surface area (Å²) >= 11 is 0. The van der Waals surface area contributed by atoms with Crippen molar-refractivity contribution in [2.24, 2.45) is 23.5 Å². The Morgan fingerprint density at radius 2 is 2.05 bits per heavy atom. The molecule has 0 heterocycles. The van der Waals surface area contributed by atoms with Crippen molar-refractivity contribution in [1.29, 1.82) is 0 Å². The van der Waals surface area contributed by atoms with Crippen LogP contribution in [-0.2, 0) is 9.59 Å². The van der Waals surface area contributed by atoms with Gasteiger partial charge in [0.05, 0.1) is 5.92 Å². The number of nitrogens with two attached hydrogens (primary N) is 1. The summed E-state index contributed by atoms with van der Waals surface area (Å²) in [4.78, 5) is 23.0. The van der Waals surface area contributed by atoms with Gasteiger partial charge in [0.15, 0.2) is 0 Å². The highest BCUT2D eigenvalue weighted by atomic mass is 16.4. The molecule has 0 aromatic heterocycles. The van der Waals surface area contributed by atoms with Gasteiger partial charge < -0.3 is 16.2 Å². The lowest BCUT2D eigenvalue weighted by molar-refractivity contribution is -0.142. The second-order valence-electron chi connectivity index (χ2n) is 5.99. The van der Waals surface area contributed by atoms with Crippen molar-refractivity contribution >= 4 is 11.9 Å². The molecule has 1 aliphatic rings. The van der Waals surface area contributed by atoms with Crippen molar-refractivity contribution in [2.45, 2.75) is 52.0 Å². The van der Waals surface area contributed by atoms with Gasteiger partial charge in [0.1, 0.15) is 0 Å². The summed E-state index contributed by atoms with van der Waals surface area (Å²) in [6.45, 7) is 4.72. The summed E-state index contributed by atoms with van der Waals surface area (Å²) in [7, 11) is 0. The molecule has 5 nitrogen and oxygen atoms in total. The molecule has 3 atom stereocenters. The van der Waals surface area contributed by atoms with Crippen molar-refractivity contribution in [3.05, 3.63) is 0 Å². The Kier molecular flexibility index (Phi) is 6.28. The third-order valence-electron chi connectivity index (χ3n) is 3.79. The smallest absolute Gasteiger partial charge is 0.308 e. The third-order valence-corrected chi connectivity index (χ3v) is 3.79. The zero-order valence-electron chi connectivity index (χ0n) is 11.9. The maximum absolute atomic E-state index is 12.0. The molecular weight excluding hydrogens is 244 g/mol. The highest BCUT2D eigenvalue weighted by Gasteiger charge is 2.34. The minimum Gasteiger partial charge on any atom is -0.481 e. The molecule has 2 unspecified atom stereocenters. The van der Waals surface area contributed by atoms with E-state index in [4.69, 9.17) is 10.8 Å². The number of amides is 1. The van der Waals surface area contributed by atoms with Gasteiger partial charge >= 0.3 is 5.97 Å². The Labute approximate surface area is 114 Å². The quantitative estimate of drug-likeness (QED) is 0.651. The van der Waals surface area contributed by atoms with Gasteiger partial charge in [-0.15, -0.1) is 0 Å². The molecule has 0 aromatic carbocycles. The minimum absolute atomic E-state index is 0.0609. The van der Waals surface area contributed by atoms with E-state index in [1.807, 2.05) is 0 Å². The van der Waals surface area contributed by atoms with E-state index >= 15 is 0 Å². The molecule has 110 valence electrons. The van der Waals surface area contributed by atoms with E-state index in [9.17, 15) is 9.59 Å². The monoisotopic (exact) mass is 270 g/mol. The summed E-state index contributed by atoms with van der Waals surface area (Å²) in [6.07, 6.45) is 3.62. The minimum atomic E-state index is -0.805. The number of hydrogen-bond acceptors (Lipinski definition) is 3. The number of aliphatic carboxylic acids is 1. The van der Waals surface area contributed by atoms with Crippen LogP contribution < -0.4 is 11.1 Å². The molecule has 0 spiro atoms. The molecule has 1 rings (SSSR count). The number of carbonyl (C=O) groups is 2. The van der Waals surface area contributed by atoms with E-state index in [2.05, 4.69) is 19.2 Å². The van der Waals surface area contributed by atoms with Gasteiger partial charge in [0, 0.05) is 12.5 Å². The summed E-state index contributed by atoms with van der Waals surface area (Å²) in [5.41, 5.74) is 5.68. The predicted octanol–water partition coefficient (Wildman–Crippen LogP) is 1.37. The van der Waals surface area contributed by atoms with E-state index in [0.29, 0.717) is 25.3 Å². The van der Waals surface area contributed by atoms with Crippen molar-refractivity contribution in [3.8, 4) is 0 Å². The van der Waals surface area contributed by atoms with Gasteiger partial charge in [-0.3, -0.25) is 9.59 Å². The Morgan fingerprint density at radius 3 is 2.58 bits per heavy atom.